The highest BCUT2D eigenvalue weighted by atomic mass is 15.0. The molecule has 62 heavy (non-hydrogen) atoms. The van der Waals surface area contributed by atoms with Gasteiger partial charge in [0.25, 0.3) is 0 Å². The molecule has 0 atom stereocenters. The Kier molecular flexibility index (Phi) is 9.49. The van der Waals surface area contributed by atoms with Gasteiger partial charge in [-0.1, -0.05) is 218 Å². The van der Waals surface area contributed by atoms with E-state index in [0.717, 1.165) is 66.7 Å². The summed E-state index contributed by atoms with van der Waals surface area (Å²) in [6.07, 6.45) is 0. The Labute approximate surface area is 360 Å². The van der Waals surface area contributed by atoms with Crippen LogP contribution in [-0.4, -0.2) is 19.9 Å². The summed E-state index contributed by atoms with van der Waals surface area (Å²) in [5.41, 5.74) is 15.0. The summed E-state index contributed by atoms with van der Waals surface area (Å²) < 4.78 is 0. The first kappa shape index (κ1) is 36.7. The van der Waals surface area contributed by atoms with Crippen LogP contribution in [0.2, 0.25) is 0 Å². The summed E-state index contributed by atoms with van der Waals surface area (Å²) in [7, 11) is 0. The molecule has 0 unspecified atom stereocenters. The molecule has 0 aliphatic carbocycles. The average Bonchev–Trinajstić information content (AvgIpc) is 3.37. The number of rotatable bonds is 8. The second-order valence-corrected chi connectivity index (χ2v) is 15.4. The minimum absolute atomic E-state index is 0.618. The Morgan fingerprint density at radius 1 is 0.226 bits per heavy atom. The molecule has 11 rings (SSSR count). The van der Waals surface area contributed by atoms with E-state index in [-0.39, 0.29) is 0 Å². The molecule has 2 aromatic heterocycles. The van der Waals surface area contributed by atoms with E-state index in [2.05, 4.69) is 212 Å². The van der Waals surface area contributed by atoms with Crippen LogP contribution in [0.25, 0.3) is 112 Å². The lowest BCUT2D eigenvalue weighted by Gasteiger charge is -2.15. The van der Waals surface area contributed by atoms with Crippen molar-refractivity contribution in [2.24, 2.45) is 0 Å². The van der Waals surface area contributed by atoms with Gasteiger partial charge in [-0.05, 0) is 67.4 Å². The molecule has 0 spiro atoms. The highest BCUT2D eigenvalue weighted by Crippen LogP contribution is 2.40. The van der Waals surface area contributed by atoms with Crippen LogP contribution in [0, 0.1) is 0 Å². The van der Waals surface area contributed by atoms with Gasteiger partial charge in [0.1, 0.15) is 0 Å². The Hall–Kier alpha value is -8.34. The second kappa shape index (κ2) is 16.0. The molecule has 0 bridgehead atoms. The van der Waals surface area contributed by atoms with Gasteiger partial charge in [-0.3, -0.25) is 0 Å². The molecule has 2 heterocycles. The fourth-order valence-corrected chi connectivity index (χ4v) is 8.39. The zero-order valence-corrected chi connectivity index (χ0v) is 33.7. The molecule has 0 aliphatic rings. The van der Waals surface area contributed by atoms with E-state index in [1.165, 1.54) is 27.5 Å². The van der Waals surface area contributed by atoms with E-state index in [0.29, 0.717) is 17.5 Å². The number of hydrogen-bond donors (Lipinski definition) is 0. The van der Waals surface area contributed by atoms with Crippen molar-refractivity contribution in [2.75, 3.05) is 0 Å². The highest BCUT2D eigenvalue weighted by Gasteiger charge is 2.17. The second-order valence-electron chi connectivity index (χ2n) is 15.4. The minimum Gasteiger partial charge on any atom is -0.248 e. The molecule has 0 fully saturated rings. The van der Waals surface area contributed by atoms with Crippen molar-refractivity contribution in [3.8, 4) is 89.9 Å². The molecule has 0 saturated carbocycles. The number of pyridine rings is 1. The number of fused-ring (bicyclic) bond motifs is 3. The van der Waals surface area contributed by atoms with E-state index < -0.39 is 0 Å². The van der Waals surface area contributed by atoms with E-state index >= 15 is 0 Å². The first-order valence-electron chi connectivity index (χ1n) is 20.9. The van der Waals surface area contributed by atoms with Crippen LogP contribution in [0.1, 0.15) is 0 Å². The van der Waals surface area contributed by atoms with Crippen molar-refractivity contribution in [2.45, 2.75) is 0 Å². The number of aromatic nitrogens is 4. The van der Waals surface area contributed by atoms with Gasteiger partial charge in [0.2, 0.25) is 0 Å². The molecule has 0 N–H and O–H groups in total. The van der Waals surface area contributed by atoms with Crippen molar-refractivity contribution in [1.82, 2.24) is 19.9 Å². The summed E-state index contributed by atoms with van der Waals surface area (Å²) >= 11 is 0. The molecular weight excluding hydrogens is 753 g/mol. The quantitative estimate of drug-likeness (QED) is 0.144. The van der Waals surface area contributed by atoms with Crippen LogP contribution in [0.4, 0.5) is 0 Å². The van der Waals surface area contributed by atoms with Crippen LogP contribution in [0.3, 0.4) is 0 Å². The lowest BCUT2D eigenvalue weighted by atomic mass is 9.91. The summed E-state index contributed by atoms with van der Waals surface area (Å²) in [4.78, 5) is 20.4. The van der Waals surface area contributed by atoms with Gasteiger partial charge in [-0.15, -0.1) is 0 Å². The summed E-state index contributed by atoms with van der Waals surface area (Å²) in [5, 5.41) is 3.48. The Balaban J connectivity index is 0.994. The molecule has 4 heteroatoms. The van der Waals surface area contributed by atoms with Gasteiger partial charge in [0, 0.05) is 27.6 Å². The van der Waals surface area contributed by atoms with Crippen molar-refractivity contribution in [3.05, 3.63) is 231 Å². The number of nitrogens with zero attached hydrogens (tertiary/aromatic N) is 4. The smallest absolute Gasteiger partial charge is 0.164 e. The van der Waals surface area contributed by atoms with E-state index in [4.69, 9.17) is 19.9 Å². The van der Waals surface area contributed by atoms with Crippen molar-refractivity contribution < 1.29 is 0 Å². The lowest BCUT2D eigenvalue weighted by Crippen LogP contribution is -2.00. The van der Waals surface area contributed by atoms with Gasteiger partial charge in [-0.2, -0.15) is 0 Å². The summed E-state index contributed by atoms with van der Waals surface area (Å²) in [6, 6.07) is 80.6. The van der Waals surface area contributed by atoms with Gasteiger partial charge in [0.05, 0.1) is 11.2 Å². The van der Waals surface area contributed by atoms with Gasteiger partial charge < -0.3 is 0 Å². The third-order valence-corrected chi connectivity index (χ3v) is 11.6. The molecule has 11 aromatic rings. The normalized spacial score (nSPS) is 11.2. The maximum Gasteiger partial charge on any atom is 0.164 e. The third-order valence-electron chi connectivity index (χ3n) is 11.6. The first-order chi connectivity index (χ1) is 30.7. The van der Waals surface area contributed by atoms with Crippen molar-refractivity contribution in [3.63, 3.8) is 0 Å². The van der Waals surface area contributed by atoms with Gasteiger partial charge in [-0.25, -0.2) is 19.9 Å². The predicted molar refractivity (Wildman–Crippen MR) is 256 cm³/mol. The van der Waals surface area contributed by atoms with Crippen molar-refractivity contribution >= 4 is 21.7 Å². The zero-order chi connectivity index (χ0) is 41.2. The van der Waals surface area contributed by atoms with Gasteiger partial charge in [0.15, 0.2) is 17.5 Å². The maximum atomic E-state index is 5.20. The van der Waals surface area contributed by atoms with E-state index in [1.54, 1.807) is 0 Å². The topological polar surface area (TPSA) is 51.6 Å². The fraction of sp³-hybridized carbons (Fsp3) is 0. The van der Waals surface area contributed by atoms with Crippen LogP contribution >= 0.6 is 0 Å². The first-order valence-corrected chi connectivity index (χ1v) is 20.9. The molecule has 290 valence electrons. The lowest BCUT2D eigenvalue weighted by molar-refractivity contribution is 1.07. The Morgan fingerprint density at radius 2 is 0.613 bits per heavy atom. The van der Waals surface area contributed by atoms with E-state index in [1.807, 2.05) is 18.2 Å². The molecule has 0 radical (unpaired) electrons. The fourth-order valence-electron chi connectivity index (χ4n) is 8.39. The predicted octanol–water partition coefficient (Wildman–Crippen LogP) is 14.9. The van der Waals surface area contributed by atoms with E-state index in [9.17, 15) is 0 Å². The molecule has 0 amide bonds. The number of benzene rings is 9. The Bertz CT molecular complexity index is 3230. The zero-order valence-electron chi connectivity index (χ0n) is 33.7. The minimum atomic E-state index is 0.618. The molecule has 4 nitrogen and oxygen atoms in total. The maximum absolute atomic E-state index is 5.20. The van der Waals surface area contributed by atoms with Crippen LogP contribution in [0.15, 0.2) is 231 Å². The van der Waals surface area contributed by atoms with Crippen LogP contribution in [-0.2, 0) is 0 Å². The molecular formula is C58H38N4. The van der Waals surface area contributed by atoms with Crippen LogP contribution in [0.5, 0.6) is 0 Å². The van der Waals surface area contributed by atoms with Crippen molar-refractivity contribution in [1.29, 1.82) is 0 Å². The molecule has 0 saturated heterocycles. The largest absolute Gasteiger partial charge is 0.248 e. The van der Waals surface area contributed by atoms with Gasteiger partial charge >= 0.3 is 0 Å². The van der Waals surface area contributed by atoms with Crippen LogP contribution < -0.4 is 0 Å². The molecule has 9 aromatic carbocycles. The third kappa shape index (κ3) is 7.10. The monoisotopic (exact) mass is 790 g/mol. The number of hydrogen-bond acceptors (Lipinski definition) is 4. The summed E-state index contributed by atoms with van der Waals surface area (Å²) in [6.45, 7) is 0. The Morgan fingerprint density at radius 3 is 1.10 bits per heavy atom. The highest BCUT2D eigenvalue weighted by molar-refractivity contribution is 6.17. The standard InChI is InChI=1S/C58H38N4/c1-5-14-39(15-6-1)41-24-30-46(31-25-41)56-60-57(47-32-26-42(27-33-47)40-16-7-2-8-17-40)62-58(61-56)48-34-28-44(29-35-48)49-22-13-23-51-50(49)36-37-53-55(51)52(43-18-9-3-10-19-43)38-54(59-53)45-20-11-4-12-21-45/h1-38H. The average molecular weight is 791 g/mol. The molecule has 0 aliphatic heterocycles. The SMILES string of the molecule is c1ccc(-c2ccc(-c3nc(-c4ccc(-c5ccccc5)cc4)nc(-c4ccc(-c5cccc6c5ccc5nc(-c7ccccc7)cc(-c7ccccc7)c56)cc4)n3)cc2)cc1. The summed E-state index contributed by atoms with van der Waals surface area (Å²) in [5.74, 6) is 1.87.